The molecule has 2 aromatic rings. The van der Waals surface area contributed by atoms with Crippen molar-refractivity contribution < 1.29 is 18.1 Å². The third kappa shape index (κ3) is 4.78. The van der Waals surface area contributed by atoms with E-state index < -0.39 is 13.3 Å². The Balaban J connectivity index is 2.33. The summed E-state index contributed by atoms with van der Waals surface area (Å²) in [5.74, 6) is -0.582. The second-order valence-corrected chi connectivity index (χ2v) is 6.10. The van der Waals surface area contributed by atoms with Gasteiger partial charge in [-0.25, -0.2) is 8.63 Å². The van der Waals surface area contributed by atoms with E-state index >= 15 is 0 Å². The molecule has 112 valence electrons. The molecule has 0 fully saturated rings. The van der Waals surface area contributed by atoms with Gasteiger partial charge in [-0.15, -0.1) is 0 Å². The molecule has 0 amide bonds. The highest BCUT2D eigenvalue weighted by atomic mass is 79.9. The fraction of sp³-hybridized carbons (Fsp3) is 0. The molecule has 0 saturated carbocycles. The van der Waals surface area contributed by atoms with Crippen molar-refractivity contribution in [1.29, 1.82) is 0 Å². The zero-order valence-corrected chi connectivity index (χ0v) is 14.3. The molecule has 0 unspecified atom stereocenters. The number of halogens is 4. The molecule has 2 nitrogen and oxygen atoms in total. The second kappa shape index (κ2) is 7.69. The molecule has 7 heteroatoms. The molecular formula is C15H9BBr2F2O2. The quantitative estimate of drug-likeness (QED) is 0.276. The van der Waals surface area contributed by atoms with Crippen molar-refractivity contribution in [2.45, 2.75) is 0 Å². The van der Waals surface area contributed by atoms with E-state index in [2.05, 4.69) is 36.5 Å². The predicted molar refractivity (Wildman–Crippen MR) is 89.6 cm³/mol. The lowest BCUT2D eigenvalue weighted by molar-refractivity contribution is 0.104. The van der Waals surface area contributed by atoms with Crippen molar-refractivity contribution in [2.24, 2.45) is 0 Å². The summed E-state index contributed by atoms with van der Waals surface area (Å²) in [5, 5.41) is 0. The number of allylic oxidation sites excluding steroid dienone is 1. The van der Waals surface area contributed by atoms with E-state index in [4.69, 9.17) is 0 Å². The fourth-order valence-electron chi connectivity index (χ4n) is 1.71. The first kappa shape index (κ1) is 16.9. The van der Waals surface area contributed by atoms with Crippen molar-refractivity contribution >= 4 is 50.9 Å². The Morgan fingerprint density at radius 1 is 0.909 bits per heavy atom. The Morgan fingerprint density at radius 3 is 1.82 bits per heavy atom. The minimum Gasteiger partial charge on any atom is -0.505 e. The molecule has 0 spiro atoms. The van der Waals surface area contributed by atoms with Gasteiger partial charge in [0, 0.05) is 26.1 Å². The molecule has 0 N–H and O–H groups in total. The van der Waals surface area contributed by atoms with Crippen LogP contribution >= 0.6 is 31.9 Å². The number of carbonyl (C=O) groups excluding carboxylic acids is 1. The van der Waals surface area contributed by atoms with Crippen LogP contribution < -0.4 is 0 Å². The molecule has 2 rings (SSSR count). The molecule has 0 aliphatic heterocycles. The highest BCUT2D eigenvalue weighted by molar-refractivity contribution is 9.10. The van der Waals surface area contributed by atoms with Gasteiger partial charge in [-0.3, -0.25) is 4.79 Å². The van der Waals surface area contributed by atoms with E-state index in [0.717, 1.165) is 15.0 Å². The topological polar surface area (TPSA) is 26.3 Å². The van der Waals surface area contributed by atoms with Crippen LogP contribution in [0.2, 0.25) is 0 Å². The molecule has 2 aromatic carbocycles. The van der Waals surface area contributed by atoms with E-state index in [1.165, 1.54) is 0 Å². The molecular weight excluding hydrogens is 421 g/mol. The van der Waals surface area contributed by atoms with Crippen LogP contribution in [0, 0.1) is 0 Å². The van der Waals surface area contributed by atoms with Crippen LogP contribution in [-0.2, 0) is 4.65 Å². The second-order valence-electron chi connectivity index (χ2n) is 4.27. The first-order valence-electron chi connectivity index (χ1n) is 6.18. The molecule has 0 radical (unpaired) electrons. The molecule has 0 atom stereocenters. The predicted octanol–water partition coefficient (Wildman–Crippen LogP) is 5.38. The Labute approximate surface area is 143 Å². The Bertz CT molecular complexity index is 686. The van der Waals surface area contributed by atoms with Gasteiger partial charge in [0.05, 0.1) is 0 Å². The highest BCUT2D eigenvalue weighted by Gasteiger charge is 2.21. The third-order valence-corrected chi connectivity index (χ3v) is 3.79. The van der Waals surface area contributed by atoms with Crippen LogP contribution in [0.5, 0.6) is 0 Å². The van der Waals surface area contributed by atoms with E-state index in [1.54, 1.807) is 48.5 Å². The van der Waals surface area contributed by atoms with Gasteiger partial charge in [-0.05, 0) is 36.4 Å². The number of hydrogen-bond donors (Lipinski definition) is 0. The van der Waals surface area contributed by atoms with Crippen molar-refractivity contribution in [1.82, 2.24) is 0 Å². The average Bonchev–Trinajstić information content (AvgIpc) is 2.47. The van der Waals surface area contributed by atoms with Gasteiger partial charge in [-0.2, -0.15) is 0 Å². The minimum absolute atomic E-state index is 0.171. The summed E-state index contributed by atoms with van der Waals surface area (Å²) >= 11 is 6.53. The number of hydrogen-bond acceptors (Lipinski definition) is 2. The van der Waals surface area contributed by atoms with E-state index in [1.807, 2.05) is 0 Å². The first-order valence-corrected chi connectivity index (χ1v) is 7.76. The summed E-state index contributed by atoms with van der Waals surface area (Å²) in [6.45, 7) is 0. The highest BCUT2D eigenvalue weighted by Crippen LogP contribution is 2.21. The Morgan fingerprint density at radius 2 is 1.36 bits per heavy atom. The van der Waals surface area contributed by atoms with E-state index in [-0.39, 0.29) is 5.76 Å². The molecule has 22 heavy (non-hydrogen) atoms. The average molecular weight is 430 g/mol. The largest absolute Gasteiger partial charge is 0.796 e. The molecule has 0 bridgehead atoms. The SMILES string of the molecule is O=C(/C=C(\OB(F)F)c1ccc(Br)cc1)c1ccc(Br)cc1. The number of benzene rings is 2. The van der Waals surface area contributed by atoms with Crippen LogP contribution in [0.3, 0.4) is 0 Å². The molecule has 0 heterocycles. The van der Waals surface area contributed by atoms with Gasteiger partial charge < -0.3 is 4.65 Å². The van der Waals surface area contributed by atoms with E-state index in [0.29, 0.717) is 11.1 Å². The third-order valence-electron chi connectivity index (χ3n) is 2.74. The van der Waals surface area contributed by atoms with Gasteiger partial charge in [0.2, 0.25) is 0 Å². The van der Waals surface area contributed by atoms with Gasteiger partial charge in [0.25, 0.3) is 0 Å². The molecule has 0 aliphatic carbocycles. The van der Waals surface area contributed by atoms with Crippen molar-refractivity contribution in [3.8, 4) is 0 Å². The summed E-state index contributed by atoms with van der Waals surface area (Å²) < 4.78 is 31.2. The standard InChI is InChI=1S/C15H9BBr2F2O2/c17-12-5-1-10(2-6-12)14(21)9-15(22-16(19)20)11-3-7-13(18)8-4-11/h1-9H/b15-9-. The van der Waals surface area contributed by atoms with Crippen LogP contribution in [0.15, 0.2) is 63.6 Å². The Kier molecular flexibility index (Phi) is 5.91. The minimum atomic E-state index is -3.01. The summed E-state index contributed by atoms with van der Waals surface area (Å²) in [6, 6.07) is 13.2. The summed E-state index contributed by atoms with van der Waals surface area (Å²) in [5.41, 5.74) is 0.782. The van der Waals surface area contributed by atoms with Gasteiger partial charge in [0.15, 0.2) is 5.78 Å². The number of ketones is 1. The lowest BCUT2D eigenvalue weighted by atomic mass is 10.1. The molecule has 0 saturated heterocycles. The smallest absolute Gasteiger partial charge is 0.505 e. The molecule has 0 aliphatic rings. The van der Waals surface area contributed by atoms with Crippen molar-refractivity contribution in [3.05, 3.63) is 74.7 Å². The van der Waals surface area contributed by atoms with Gasteiger partial charge in [-0.1, -0.05) is 44.0 Å². The monoisotopic (exact) mass is 428 g/mol. The van der Waals surface area contributed by atoms with Crippen LogP contribution in [-0.4, -0.2) is 13.3 Å². The zero-order chi connectivity index (χ0) is 16.1. The summed E-state index contributed by atoms with van der Waals surface area (Å²) in [7, 11) is -3.01. The van der Waals surface area contributed by atoms with E-state index in [9.17, 15) is 13.4 Å². The lowest BCUT2D eigenvalue weighted by Gasteiger charge is -2.09. The first-order chi connectivity index (χ1) is 10.5. The lowest BCUT2D eigenvalue weighted by Crippen LogP contribution is -2.06. The zero-order valence-electron chi connectivity index (χ0n) is 11.1. The fourth-order valence-corrected chi connectivity index (χ4v) is 2.24. The normalized spacial score (nSPS) is 11.2. The van der Waals surface area contributed by atoms with Gasteiger partial charge >= 0.3 is 7.47 Å². The maximum atomic E-state index is 12.6. The Hall–Kier alpha value is -1.47. The van der Waals surface area contributed by atoms with Crippen molar-refractivity contribution in [3.63, 3.8) is 0 Å². The maximum Gasteiger partial charge on any atom is 0.796 e. The van der Waals surface area contributed by atoms with Crippen LogP contribution in [0.1, 0.15) is 15.9 Å². The molecule has 0 aromatic heterocycles. The number of carbonyl (C=O) groups is 1. The maximum absolute atomic E-state index is 12.6. The van der Waals surface area contributed by atoms with Gasteiger partial charge in [0.1, 0.15) is 5.76 Å². The summed E-state index contributed by atoms with van der Waals surface area (Å²) in [4.78, 5) is 12.2. The van der Waals surface area contributed by atoms with Crippen molar-refractivity contribution in [2.75, 3.05) is 0 Å². The van der Waals surface area contributed by atoms with Crippen LogP contribution in [0.25, 0.3) is 5.76 Å². The van der Waals surface area contributed by atoms with Crippen LogP contribution in [0.4, 0.5) is 8.63 Å². The number of rotatable bonds is 5. The summed E-state index contributed by atoms with van der Waals surface area (Å²) in [6.07, 6.45) is 1.07.